The average Bonchev–Trinajstić information content (AvgIpc) is 2.66. The number of carbonyl (C=O) groups is 2. The van der Waals surface area contributed by atoms with E-state index in [4.69, 9.17) is 19.9 Å². The highest BCUT2D eigenvalue weighted by Gasteiger charge is 2.02. The Bertz CT molecular complexity index is 757. The summed E-state index contributed by atoms with van der Waals surface area (Å²) in [5, 5.41) is 3.85. The molecule has 2 amide bonds. The van der Waals surface area contributed by atoms with Gasteiger partial charge in [0.1, 0.15) is 17.2 Å². The van der Waals surface area contributed by atoms with Crippen molar-refractivity contribution >= 4 is 18.0 Å². The summed E-state index contributed by atoms with van der Waals surface area (Å²) < 4.78 is 15.5. The quantitative estimate of drug-likeness (QED) is 0.515. The van der Waals surface area contributed by atoms with Crippen molar-refractivity contribution in [3.63, 3.8) is 0 Å². The van der Waals surface area contributed by atoms with Crippen molar-refractivity contribution in [2.24, 2.45) is 10.8 Å². The maximum absolute atomic E-state index is 11.7. The molecule has 136 valence electrons. The van der Waals surface area contributed by atoms with E-state index in [1.165, 1.54) is 6.21 Å². The van der Waals surface area contributed by atoms with Crippen LogP contribution in [0.15, 0.2) is 53.6 Å². The number of nitrogens with one attached hydrogen (secondary N) is 1. The molecule has 0 aliphatic heterocycles. The highest BCUT2D eigenvalue weighted by Crippen LogP contribution is 2.16. The van der Waals surface area contributed by atoms with Crippen LogP contribution in [0.4, 0.5) is 0 Å². The molecule has 0 saturated carbocycles. The van der Waals surface area contributed by atoms with E-state index in [0.29, 0.717) is 17.2 Å². The molecule has 8 heteroatoms. The lowest BCUT2D eigenvalue weighted by Gasteiger charge is -2.06. The van der Waals surface area contributed by atoms with Crippen molar-refractivity contribution in [3.05, 3.63) is 54.1 Å². The van der Waals surface area contributed by atoms with Gasteiger partial charge in [-0.1, -0.05) is 0 Å². The Kier molecular flexibility index (Phi) is 6.99. The summed E-state index contributed by atoms with van der Waals surface area (Å²) in [4.78, 5) is 22.3. The number of ether oxygens (including phenoxy) is 3. The average molecular weight is 357 g/mol. The number of rotatable bonds is 9. The van der Waals surface area contributed by atoms with Crippen LogP contribution in [0.5, 0.6) is 17.2 Å². The monoisotopic (exact) mass is 357 g/mol. The van der Waals surface area contributed by atoms with E-state index < -0.39 is 11.8 Å². The third-order valence-electron chi connectivity index (χ3n) is 3.09. The van der Waals surface area contributed by atoms with Gasteiger partial charge in [-0.3, -0.25) is 9.59 Å². The third kappa shape index (κ3) is 6.52. The van der Waals surface area contributed by atoms with Gasteiger partial charge < -0.3 is 19.9 Å². The normalized spacial score (nSPS) is 10.3. The van der Waals surface area contributed by atoms with Crippen LogP contribution in [0.2, 0.25) is 0 Å². The second-order valence-corrected chi connectivity index (χ2v) is 5.08. The summed E-state index contributed by atoms with van der Waals surface area (Å²) in [6, 6.07) is 13.7. The minimum absolute atomic E-state index is 0.163. The van der Waals surface area contributed by atoms with E-state index in [-0.39, 0.29) is 13.2 Å². The van der Waals surface area contributed by atoms with Crippen molar-refractivity contribution < 1.29 is 23.8 Å². The molecule has 2 aromatic carbocycles. The number of nitrogens with zero attached hydrogens (tertiary/aromatic N) is 1. The molecule has 0 aliphatic rings. The van der Waals surface area contributed by atoms with Crippen LogP contribution in [-0.4, -0.2) is 38.4 Å². The van der Waals surface area contributed by atoms with Crippen molar-refractivity contribution in [2.75, 3.05) is 20.3 Å². The number of nitrogens with two attached hydrogens (primary N) is 1. The molecule has 0 radical (unpaired) electrons. The van der Waals surface area contributed by atoms with Gasteiger partial charge in [-0.15, -0.1) is 0 Å². The summed E-state index contributed by atoms with van der Waals surface area (Å²) in [5.41, 5.74) is 8.11. The maximum Gasteiger partial charge on any atom is 0.277 e. The number of hydrogen-bond donors (Lipinski definition) is 2. The Balaban J connectivity index is 1.74. The van der Waals surface area contributed by atoms with Gasteiger partial charge in [-0.05, 0) is 54.1 Å². The Morgan fingerprint density at radius 1 is 0.962 bits per heavy atom. The number of hydrogen-bond acceptors (Lipinski definition) is 6. The van der Waals surface area contributed by atoms with Gasteiger partial charge in [0.2, 0.25) is 0 Å². The predicted molar refractivity (Wildman–Crippen MR) is 95.4 cm³/mol. The molecule has 2 aromatic rings. The van der Waals surface area contributed by atoms with Crippen LogP contribution in [0.25, 0.3) is 0 Å². The van der Waals surface area contributed by atoms with Crippen molar-refractivity contribution in [3.8, 4) is 17.2 Å². The number of carbonyl (C=O) groups excluding carboxylic acids is 2. The Morgan fingerprint density at radius 2 is 1.50 bits per heavy atom. The first kappa shape index (κ1) is 18.8. The van der Waals surface area contributed by atoms with Crippen LogP contribution >= 0.6 is 0 Å². The third-order valence-corrected chi connectivity index (χ3v) is 3.09. The largest absolute Gasteiger partial charge is 0.497 e. The van der Waals surface area contributed by atoms with E-state index in [1.54, 1.807) is 55.6 Å². The molecular formula is C18H19N3O5. The Labute approximate surface area is 150 Å². The van der Waals surface area contributed by atoms with Crippen LogP contribution in [-0.2, 0) is 9.59 Å². The molecule has 8 nitrogen and oxygen atoms in total. The molecule has 0 spiro atoms. The van der Waals surface area contributed by atoms with E-state index in [9.17, 15) is 9.59 Å². The predicted octanol–water partition coefficient (Wildman–Crippen LogP) is 1.09. The van der Waals surface area contributed by atoms with Crippen LogP contribution in [0.1, 0.15) is 5.56 Å². The maximum atomic E-state index is 11.7. The van der Waals surface area contributed by atoms with Gasteiger partial charge in [-0.2, -0.15) is 5.10 Å². The SMILES string of the molecule is COc1ccc(OCC(=O)NN=Cc2ccc(OCC(N)=O)cc2)cc1. The number of hydrazone groups is 1. The molecule has 0 aliphatic carbocycles. The lowest BCUT2D eigenvalue weighted by atomic mass is 10.2. The Morgan fingerprint density at radius 3 is 2.08 bits per heavy atom. The number of primary amides is 1. The van der Waals surface area contributed by atoms with Crippen molar-refractivity contribution in [1.29, 1.82) is 0 Å². The first-order valence-corrected chi connectivity index (χ1v) is 7.67. The molecule has 0 unspecified atom stereocenters. The second kappa shape index (κ2) is 9.67. The minimum Gasteiger partial charge on any atom is -0.497 e. The number of benzene rings is 2. The fourth-order valence-electron chi connectivity index (χ4n) is 1.84. The van der Waals surface area contributed by atoms with E-state index in [1.807, 2.05) is 0 Å². The van der Waals surface area contributed by atoms with E-state index >= 15 is 0 Å². The number of amides is 2. The molecular weight excluding hydrogens is 338 g/mol. The minimum atomic E-state index is -0.546. The summed E-state index contributed by atoms with van der Waals surface area (Å²) in [7, 11) is 1.57. The lowest BCUT2D eigenvalue weighted by molar-refractivity contribution is -0.123. The second-order valence-electron chi connectivity index (χ2n) is 5.08. The Hall–Kier alpha value is -3.55. The van der Waals surface area contributed by atoms with Crippen molar-refractivity contribution in [2.45, 2.75) is 0 Å². The zero-order valence-corrected chi connectivity index (χ0v) is 14.2. The molecule has 2 rings (SSSR count). The summed E-state index contributed by atoms with van der Waals surface area (Å²) in [6.07, 6.45) is 1.48. The fraction of sp³-hybridized carbons (Fsp3) is 0.167. The van der Waals surface area contributed by atoms with Crippen LogP contribution in [0, 0.1) is 0 Å². The van der Waals surface area contributed by atoms with Gasteiger partial charge in [0.05, 0.1) is 13.3 Å². The fourth-order valence-corrected chi connectivity index (χ4v) is 1.84. The topological polar surface area (TPSA) is 112 Å². The molecule has 0 saturated heterocycles. The summed E-state index contributed by atoms with van der Waals surface area (Å²) in [6.45, 7) is -0.346. The molecule has 0 heterocycles. The van der Waals surface area contributed by atoms with Gasteiger partial charge in [0.15, 0.2) is 13.2 Å². The zero-order chi connectivity index (χ0) is 18.8. The van der Waals surface area contributed by atoms with Crippen LogP contribution < -0.4 is 25.4 Å². The molecule has 3 N–H and O–H groups in total. The number of methoxy groups -OCH3 is 1. The lowest BCUT2D eigenvalue weighted by Crippen LogP contribution is -2.24. The van der Waals surface area contributed by atoms with Gasteiger partial charge >= 0.3 is 0 Å². The first-order valence-electron chi connectivity index (χ1n) is 7.67. The molecule has 26 heavy (non-hydrogen) atoms. The van der Waals surface area contributed by atoms with E-state index in [0.717, 1.165) is 5.56 Å². The van der Waals surface area contributed by atoms with Gasteiger partial charge in [0, 0.05) is 0 Å². The van der Waals surface area contributed by atoms with E-state index in [2.05, 4.69) is 10.5 Å². The highest BCUT2D eigenvalue weighted by atomic mass is 16.5. The van der Waals surface area contributed by atoms with Gasteiger partial charge in [0.25, 0.3) is 11.8 Å². The highest BCUT2D eigenvalue weighted by molar-refractivity contribution is 5.83. The molecule has 0 bridgehead atoms. The smallest absolute Gasteiger partial charge is 0.277 e. The van der Waals surface area contributed by atoms with Crippen LogP contribution in [0.3, 0.4) is 0 Å². The van der Waals surface area contributed by atoms with Gasteiger partial charge in [-0.25, -0.2) is 5.43 Å². The standard InChI is InChI=1S/C18H19N3O5/c1-24-14-6-8-16(9-7-14)26-12-18(23)21-20-10-13-2-4-15(5-3-13)25-11-17(19)22/h2-10H,11-12H2,1H3,(H2,19,22)(H,21,23). The molecule has 0 atom stereocenters. The zero-order valence-electron chi connectivity index (χ0n) is 14.2. The molecule has 0 fully saturated rings. The summed E-state index contributed by atoms with van der Waals surface area (Å²) >= 11 is 0. The molecule has 0 aromatic heterocycles. The van der Waals surface area contributed by atoms with Crippen molar-refractivity contribution in [1.82, 2.24) is 5.43 Å². The first-order chi connectivity index (χ1) is 12.6. The summed E-state index contributed by atoms with van der Waals surface area (Å²) in [5.74, 6) is 0.834.